The Kier molecular flexibility index (Phi) is 9.15. The first-order chi connectivity index (χ1) is 30.9. The van der Waals surface area contributed by atoms with Gasteiger partial charge in [0.2, 0.25) is 0 Å². The average molecular weight is 815 g/mol. The van der Waals surface area contributed by atoms with Crippen molar-refractivity contribution in [1.82, 2.24) is 5.32 Å². The third kappa shape index (κ3) is 6.32. The minimum absolute atomic E-state index is 0.0287. The van der Waals surface area contributed by atoms with Gasteiger partial charge in [0.1, 0.15) is 5.84 Å². The van der Waals surface area contributed by atoms with Gasteiger partial charge in [0.05, 0.1) is 6.04 Å². The number of rotatable bonds is 6. The highest BCUT2D eigenvalue weighted by Gasteiger charge is 2.51. The van der Waals surface area contributed by atoms with Crippen LogP contribution in [0.5, 0.6) is 0 Å². The number of aliphatic imine (C=N–C) groups is 1. The van der Waals surface area contributed by atoms with Gasteiger partial charge in [0.15, 0.2) is 0 Å². The molecule has 6 aromatic rings. The number of fused-ring (bicyclic) bond motifs is 7. The molecule has 1 spiro atoms. The van der Waals surface area contributed by atoms with Crippen molar-refractivity contribution in [3.63, 3.8) is 0 Å². The van der Waals surface area contributed by atoms with E-state index in [1.807, 2.05) is 0 Å². The van der Waals surface area contributed by atoms with Crippen LogP contribution in [0.4, 0.5) is 0 Å². The van der Waals surface area contributed by atoms with Crippen LogP contribution in [0.2, 0.25) is 0 Å². The van der Waals surface area contributed by atoms with Crippen LogP contribution in [-0.2, 0) is 10.8 Å². The zero-order valence-corrected chi connectivity index (χ0v) is 36.5. The van der Waals surface area contributed by atoms with Crippen molar-refractivity contribution in [2.45, 2.75) is 88.0 Å². The molecule has 308 valence electrons. The van der Waals surface area contributed by atoms with Crippen LogP contribution >= 0.6 is 0 Å². The Morgan fingerprint density at radius 3 is 2.13 bits per heavy atom. The lowest BCUT2D eigenvalue weighted by Crippen LogP contribution is -2.31. The van der Waals surface area contributed by atoms with E-state index < -0.39 is 0 Å². The Balaban J connectivity index is 0.866. The first-order valence-electron chi connectivity index (χ1n) is 23.4. The van der Waals surface area contributed by atoms with Crippen LogP contribution in [-0.4, -0.2) is 5.84 Å². The summed E-state index contributed by atoms with van der Waals surface area (Å²) in [6.07, 6.45) is 21.5. The molecule has 2 atom stereocenters. The molecule has 0 bridgehead atoms. The Labute approximate surface area is 373 Å². The molecule has 1 aliphatic heterocycles. The molecule has 1 fully saturated rings. The smallest absolute Gasteiger partial charge is 0.133 e. The molecule has 5 aliphatic carbocycles. The summed E-state index contributed by atoms with van der Waals surface area (Å²) < 4.78 is 0. The van der Waals surface area contributed by atoms with Gasteiger partial charge in [0, 0.05) is 28.0 Å². The van der Waals surface area contributed by atoms with E-state index in [0.29, 0.717) is 5.92 Å². The zero-order valence-electron chi connectivity index (χ0n) is 36.5. The lowest BCUT2D eigenvalue weighted by atomic mass is 9.63. The molecule has 2 unspecified atom stereocenters. The molecular formula is C61H54N2. The maximum absolute atomic E-state index is 5.29. The normalized spacial score (nSPS) is 21.3. The fraction of sp³-hybridized carbons (Fsp3) is 0.230. The van der Waals surface area contributed by atoms with Crippen molar-refractivity contribution < 1.29 is 0 Å². The van der Waals surface area contributed by atoms with Gasteiger partial charge in [-0.3, -0.25) is 4.99 Å². The van der Waals surface area contributed by atoms with E-state index in [1.165, 1.54) is 82.2 Å². The summed E-state index contributed by atoms with van der Waals surface area (Å²) in [5, 5.41) is 3.69. The Bertz CT molecular complexity index is 2980. The summed E-state index contributed by atoms with van der Waals surface area (Å²) in [6, 6.07) is 54.4. The highest BCUT2D eigenvalue weighted by atomic mass is 15.0. The number of hydrogen-bond acceptors (Lipinski definition) is 2. The number of nitrogens with one attached hydrogen (secondary N) is 1. The second-order valence-corrected chi connectivity index (χ2v) is 19.3. The van der Waals surface area contributed by atoms with Gasteiger partial charge in [-0.25, -0.2) is 0 Å². The highest BCUT2D eigenvalue weighted by molar-refractivity contribution is 6.05. The van der Waals surface area contributed by atoms with E-state index in [4.69, 9.17) is 4.99 Å². The molecule has 2 nitrogen and oxygen atoms in total. The van der Waals surface area contributed by atoms with Gasteiger partial charge in [-0.2, -0.15) is 0 Å². The molecule has 0 aromatic heterocycles. The maximum Gasteiger partial charge on any atom is 0.133 e. The predicted octanol–water partition coefficient (Wildman–Crippen LogP) is 15.3. The largest absolute Gasteiger partial charge is 0.340 e. The summed E-state index contributed by atoms with van der Waals surface area (Å²) in [4.78, 5) is 5.29. The van der Waals surface area contributed by atoms with E-state index >= 15 is 0 Å². The lowest BCUT2D eigenvalue weighted by molar-refractivity contribution is 0.335. The quantitative estimate of drug-likeness (QED) is 0.178. The van der Waals surface area contributed by atoms with Crippen LogP contribution in [0.15, 0.2) is 192 Å². The molecular weight excluding hydrogens is 761 g/mol. The molecule has 2 heteroatoms. The van der Waals surface area contributed by atoms with Crippen molar-refractivity contribution >= 4 is 22.7 Å². The molecule has 0 radical (unpaired) electrons. The monoisotopic (exact) mass is 814 g/mol. The van der Waals surface area contributed by atoms with Crippen molar-refractivity contribution in [3.05, 3.63) is 232 Å². The number of nitrogens with zero attached hydrogens (tertiary/aromatic N) is 1. The van der Waals surface area contributed by atoms with E-state index in [0.717, 1.165) is 41.9 Å². The number of benzene rings is 6. The second kappa shape index (κ2) is 15.1. The Morgan fingerprint density at radius 1 is 0.619 bits per heavy atom. The third-order valence-electron chi connectivity index (χ3n) is 15.5. The van der Waals surface area contributed by atoms with Gasteiger partial charge >= 0.3 is 0 Å². The summed E-state index contributed by atoms with van der Waals surface area (Å²) >= 11 is 0. The first kappa shape index (κ1) is 38.2. The van der Waals surface area contributed by atoms with Crippen LogP contribution in [0.1, 0.15) is 122 Å². The topological polar surface area (TPSA) is 24.4 Å². The van der Waals surface area contributed by atoms with E-state index in [-0.39, 0.29) is 16.9 Å². The lowest BCUT2D eigenvalue weighted by Gasteiger charge is -2.40. The van der Waals surface area contributed by atoms with Gasteiger partial charge < -0.3 is 5.32 Å². The molecule has 1 saturated carbocycles. The molecule has 0 amide bonds. The van der Waals surface area contributed by atoms with Crippen LogP contribution < -0.4 is 5.32 Å². The fourth-order valence-corrected chi connectivity index (χ4v) is 12.3. The predicted molar refractivity (Wildman–Crippen MR) is 264 cm³/mol. The fourth-order valence-electron chi connectivity index (χ4n) is 12.3. The summed E-state index contributed by atoms with van der Waals surface area (Å²) in [5.41, 5.74) is 23.6. The first-order valence-corrected chi connectivity index (χ1v) is 23.4. The highest BCUT2D eigenvalue weighted by Crippen LogP contribution is 2.64. The summed E-state index contributed by atoms with van der Waals surface area (Å²) in [5.74, 6) is 1.29. The van der Waals surface area contributed by atoms with Crippen LogP contribution in [0.3, 0.4) is 0 Å². The number of hydrogen-bond donors (Lipinski definition) is 1. The minimum atomic E-state index is -0.119. The van der Waals surface area contributed by atoms with Crippen molar-refractivity contribution in [2.75, 3.05) is 0 Å². The maximum atomic E-state index is 5.29. The standard InChI is InChI=1S/C61H54N2/c1-60(2)53-25-15-23-48(58(53)51-38-55-50(37-54(51)60)49-22-10-11-24-52(49)61(55)34-12-5-13-35-61)47-21-14-20-46(36-47)42-28-32-44(33-29-42)57-39-56(62-59(63-57)45-18-8-4-9-19-45)43-30-26-41(27-31-43)40-16-6-3-7-17-40/h3-4,6,8-11,14-16,18-33,36-37,39,51,57H,5,7,12-13,17,34-35,38H2,1-2H3,(H,62,63). The zero-order chi connectivity index (χ0) is 42.1. The van der Waals surface area contributed by atoms with E-state index in [9.17, 15) is 0 Å². The molecule has 1 N–H and O–H groups in total. The molecule has 1 heterocycles. The Hall–Kier alpha value is -6.51. The van der Waals surface area contributed by atoms with Crippen LogP contribution in [0.25, 0.3) is 39.1 Å². The second-order valence-electron chi connectivity index (χ2n) is 19.3. The molecule has 6 aromatic carbocycles. The van der Waals surface area contributed by atoms with Gasteiger partial charge in [-0.15, -0.1) is 0 Å². The number of allylic oxidation sites excluding steroid dienone is 8. The molecule has 63 heavy (non-hydrogen) atoms. The molecule has 6 aliphatic rings. The SMILES string of the molecule is CC1(C)C2=CC3=C(CC2c2c(-c4cccc(-c5ccc(C6C=C(c7ccc(C8=CC=CCC8)cc7)NC(c7ccccc7)=N6)cc5)c4)cccc21)C1(CCCCC1)c1ccccc13. The van der Waals surface area contributed by atoms with Gasteiger partial charge in [-0.05, 0) is 117 Å². The van der Waals surface area contributed by atoms with E-state index in [2.05, 4.69) is 195 Å². The number of amidine groups is 1. The van der Waals surface area contributed by atoms with Gasteiger partial charge in [0.25, 0.3) is 0 Å². The Morgan fingerprint density at radius 2 is 1.32 bits per heavy atom. The van der Waals surface area contributed by atoms with Crippen molar-refractivity contribution in [3.8, 4) is 22.3 Å². The van der Waals surface area contributed by atoms with Crippen molar-refractivity contribution in [2.24, 2.45) is 4.99 Å². The third-order valence-corrected chi connectivity index (χ3v) is 15.5. The summed E-state index contributed by atoms with van der Waals surface area (Å²) in [6.45, 7) is 4.94. The summed E-state index contributed by atoms with van der Waals surface area (Å²) in [7, 11) is 0. The molecule has 12 rings (SSSR count). The van der Waals surface area contributed by atoms with Crippen molar-refractivity contribution in [1.29, 1.82) is 0 Å². The van der Waals surface area contributed by atoms with Gasteiger partial charge in [-0.1, -0.05) is 208 Å². The van der Waals surface area contributed by atoms with E-state index in [1.54, 1.807) is 27.8 Å². The molecule has 0 saturated heterocycles. The minimum Gasteiger partial charge on any atom is -0.340 e. The van der Waals surface area contributed by atoms with Crippen LogP contribution in [0, 0.1) is 0 Å². The average Bonchev–Trinajstić information content (AvgIpc) is 3.74.